The zero-order chi connectivity index (χ0) is 12.0. The van der Waals surface area contributed by atoms with Gasteiger partial charge in [0.1, 0.15) is 5.82 Å². The Morgan fingerprint density at radius 3 is 2.88 bits per heavy atom. The van der Waals surface area contributed by atoms with Crippen molar-refractivity contribution in [2.24, 2.45) is 0 Å². The van der Waals surface area contributed by atoms with Crippen LogP contribution < -0.4 is 16.4 Å². The Hall–Kier alpha value is -1.78. The molecule has 1 aromatic rings. The van der Waals surface area contributed by atoms with Gasteiger partial charge in [0.25, 0.3) is 0 Å². The van der Waals surface area contributed by atoms with E-state index >= 15 is 0 Å². The van der Waals surface area contributed by atoms with Crippen LogP contribution in [0.3, 0.4) is 0 Å². The second kappa shape index (κ2) is 5.95. The third-order valence-corrected chi connectivity index (χ3v) is 2.08. The molecular weight excluding hydrogens is 209 g/mol. The molecular formula is C11H16FN3O. The number of carbonyl (C=O) groups excluding carboxylic acids is 1. The van der Waals surface area contributed by atoms with Gasteiger partial charge in [-0.05, 0) is 24.6 Å². The van der Waals surface area contributed by atoms with Crippen molar-refractivity contribution in [1.82, 2.24) is 5.32 Å². The highest BCUT2D eigenvalue weighted by atomic mass is 19.1. The Kier molecular flexibility index (Phi) is 4.57. The number of hydrogen-bond acceptors (Lipinski definition) is 2. The summed E-state index contributed by atoms with van der Waals surface area (Å²) in [4.78, 5) is 11.4. The number of hydrogen-bond donors (Lipinski definition) is 3. The van der Waals surface area contributed by atoms with E-state index in [9.17, 15) is 9.18 Å². The molecule has 0 atom stereocenters. The summed E-state index contributed by atoms with van der Waals surface area (Å²) in [6, 6.07) is 3.52. The number of anilines is 2. The predicted octanol–water partition coefficient (Wildman–Crippen LogP) is 2.33. The Labute approximate surface area is 94.0 Å². The Morgan fingerprint density at radius 2 is 2.25 bits per heavy atom. The van der Waals surface area contributed by atoms with Crippen LogP contribution in [-0.4, -0.2) is 12.6 Å². The van der Waals surface area contributed by atoms with E-state index in [2.05, 4.69) is 10.6 Å². The van der Waals surface area contributed by atoms with Gasteiger partial charge < -0.3 is 16.4 Å². The molecule has 0 heterocycles. The molecule has 0 fully saturated rings. The maximum Gasteiger partial charge on any atom is 0.319 e. The zero-order valence-corrected chi connectivity index (χ0v) is 9.22. The van der Waals surface area contributed by atoms with Crippen molar-refractivity contribution in [3.05, 3.63) is 24.0 Å². The number of nitrogens with one attached hydrogen (secondary N) is 2. The van der Waals surface area contributed by atoms with E-state index in [1.807, 2.05) is 6.92 Å². The molecule has 0 aliphatic heterocycles. The van der Waals surface area contributed by atoms with E-state index in [4.69, 9.17) is 5.73 Å². The highest BCUT2D eigenvalue weighted by Crippen LogP contribution is 2.18. The lowest BCUT2D eigenvalue weighted by atomic mass is 10.2. The molecule has 0 aliphatic carbocycles. The van der Waals surface area contributed by atoms with Crippen LogP contribution in [0.4, 0.5) is 20.6 Å². The number of benzene rings is 1. The SMILES string of the molecule is CCCCNC(=O)Nc1ccc(F)cc1N. The van der Waals surface area contributed by atoms with Gasteiger partial charge in [-0.2, -0.15) is 0 Å². The number of nitrogen functional groups attached to an aromatic ring is 1. The van der Waals surface area contributed by atoms with Gasteiger partial charge in [-0.1, -0.05) is 13.3 Å². The smallest absolute Gasteiger partial charge is 0.319 e. The number of amides is 2. The first-order valence-corrected chi connectivity index (χ1v) is 5.23. The first-order valence-electron chi connectivity index (χ1n) is 5.23. The lowest BCUT2D eigenvalue weighted by Crippen LogP contribution is -2.29. The number of carbonyl (C=O) groups is 1. The van der Waals surface area contributed by atoms with Gasteiger partial charge in [0.15, 0.2) is 0 Å². The molecule has 0 radical (unpaired) electrons. The molecule has 0 saturated carbocycles. The van der Waals surface area contributed by atoms with E-state index in [0.717, 1.165) is 12.8 Å². The monoisotopic (exact) mass is 225 g/mol. The van der Waals surface area contributed by atoms with Crippen LogP contribution in [0.25, 0.3) is 0 Å². The number of rotatable bonds is 4. The Bertz CT molecular complexity index is 368. The topological polar surface area (TPSA) is 67.2 Å². The second-order valence-corrected chi connectivity index (χ2v) is 3.47. The third kappa shape index (κ3) is 3.76. The van der Waals surface area contributed by atoms with E-state index in [0.29, 0.717) is 12.2 Å². The summed E-state index contributed by atoms with van der Waals surface area (Å²) in [7, 11) is 0. The van der Waals surface area contributed by atoms with E-state index in [1.165, 1.54) is 18.2 Å². The molecule has 0 saturated heterocycles. The summed E-state index contributed by atoms with van der Waals surface area (Å²) < 4.78 is 12.7. The van der Waals surface area contributed by atoms with Crippen LogP contribution in [0.15, 0.2) is 18.2 Å². The molecule has 0 spiro atoms. The number of urea groups is 1. The van der Waals surface area contributed by atoms with E-state index < -0.39 is 5.82 Å². The fourth-order valence-corrected chi connectivity index (χ4v) is 1.19. The molecule has 1 aromatic carbocycles. The van der Waals surface area contributed by atoms with Crippen LogP contribution in [0.2, 0.25) is 0 Å². The quantitative estimate of drug-likeness (QED) is 0.543. The fraction of sp³-hybridized carbons (Fsp3) is 0.364. The molecule has 0 aromatic heterocycles. The number of nitrogens with two attached hydrogens (primary N) is 1. The van der Waals surface area contributed by atoms with Crippen LogP contribution in [0.5, 0.6) is 0 Å². The van der Waals surface area contributed by atoms with Crippen molar-refractivity contribution in [3.8, 4) is 0 Å². The van der Waals surface area contributed by atoms with Crippen molar-refractivity contribution >= 4 is 17.4 Å². The summed E-state index contributed by atoms with van der Waals surface area (Å²) in [5.41, 5.74) is 6.17. The molecule has 0 aliphatic rings. The zero-order valence-electron chi connectivity index (χ0n) is 9.22. The van der Waals surface area contributed by atoms with Gasteiger partial charge in [-0.25, -0.2) is 9.18 Å². The first-order chi connectivity index (χ1) is 7.63. The normalized spacial score (nSPS) is 9.88. The average Bonchev–Trinajstić information content (AvgIpc) is 2.23. The number of halogens is 1. The minimum atomic E-state index is -0.422. The van der Waals surface area contributed by atoms with Crippen molar-refractivity contribution in [2.45, 2.75) is 19.8 Å². The minimum absolute atomic E-state index is 0.214. The summed E-state index contributed by atoms with van der Waals surface area (Å²) in [5.74, 6) is -0.422. The van der Waals surface area contributed by atoms with Gasteiger partial charge in [-0.15, -0.1) is 0 Å². The minimum Gasteiger partial charge on any atom is -0.397 e. The van der Waals surface area contributed by atoms with Gasteiger partial charge in [0, 0.05) is 6.54 Å². The molecule has 0 unspecified atom stereocenters. The molecule has 1 rings (SSSR count). The van der Waals surface area contributed by atoms with Gasteiger partial charge in [0.05, 0.1) is 11.4 Å². The van der Waals surface area contributed by atoms with Crippen molar-refractivity contribution in [2.75, 3.05) is 17.6 Å². The molecule has 2 amide bonds. The average molecular weight is 225 g/mol. The summed E-state index contributed by atoms with van der Waals surface area (Å²) in [6.07, 6.45) is 1.94. The summed E-state index contributed by atoms with van der Waals surface area (Å²) >= 11 is 0. The molecule has 0 bridgehead atoms. The van der Waals surface area contributed by atoms with Crippen LogP contribution in [-0.2, 0) is 0 Å². The molecule has 4 N–H and O–H groups in total. The lowest BCUT2D eigenvalue weighted by Gasteiger charge is -2.09. The molecule has 16 heavy (non-hydrogen) atoms. The number of unbranched alkanes of at least 4 members (excludes halogenated alkanes) is 1. The lowest BCUT2D eigenvalue weighted by molar-refractivity contribution is 0.252. The Balaban J connectivity index is 2.49. The highest BCUT2D eigenvalue weighted by molar-refractivity contribution is 5.92. The largest absolute Gasteiger partial charge is 0.397 e. The van der Waals surface area contributed by atoms with Crippen LogP contribution in [0, 0.1) is 5.82 Å². The molecule has 5 heteroatoms. The van der Waals surface area contributed by atoms with Crippen molar-refractivity contribution in [1.29, 1.82) is 0 Å². The van der Waals surface area contributed by atoms with Gasteiger partial charge >= 0.3 is 6.03 Å². The summed E-state index contributed by atoms with van der Waals surface area (Å²) in [5, 5.41) is 5.23. The molecule has 4 nitrogen and oxygen atoms in total. The summed E-state index contributed by atoms with van der Waals surface area (Å²) in [6.45, 7) is 2.65. The highest BCUT2D eigenvalue weighted by Gasteiger charge is 2.04. The first kappa shape index (κ1) is 12.3. The second-order valence-electron chi connectivity index (χ2n) is 3.47. The molecule has 88 valence electrons. The van der Waals surface area contributed by atoms with Gasteiger partial charge in [0.2, 0.25) is 0 Å². The standard InChI is InChI=1S/C11H16FN3O/c1-2-3-6-14-11(16)15-10-5-4-8(12)7-9(10)13/h4-5,7H,2-3,6,13H2,1H3,(H2,14,15,16). The van der Waals surface area contributed by atoms with Crippen molar-refractivity contribution < 1.29 is 9.18 Å². The van der Waals surface area contributed by atoms with Crippen molar-refractivity contribution in [3.63, 3.8) is 0 Å². The maximum atomic E-state index is 12.7. The van der Waals surface area contributed by atoms with Gasteiger partial charge in [-0.3, -0.25) is 0 Å². The van der Waals surface area contributed by atoms with E-state index in [-0.39, 0.29) is 11.7 Å². The Morgan fingerprint density at radius 1 is 1.50 bits per heavy atom. The third-order valence-electron chi connectivity index (χ3n) is 2.08. The fourth-order valence-electron chi connectivity index (χ4n) is 1.19. The predicted molar refractivity (Wildman–Crippen MR) is 62.7 cm³/mol. The van der Waals surface area contributed by atoms with Crippen LogP contribution in [0.1, 0.15) is 19.8 Å². The maximum absolute atomic E-state index is 12.7. The van der Waals surface area contributed by atoms with E-state index in [1.54, 1.807) is 0 Å². The van der Waals surface area contributed by atoms with Crippen LogP contribution >= 0.6 is 0 Å².